The van der Waals surface area contributed by atoms with E-state index in [9.17, 15) is 4.79 Å². The molecule has 0 saturated carbocycles. The lowest BCUT2D eigenvalue weighted by molar-refractivity contribution is 0.0132. The van der Waals surface area contributed by atoms with Crippen LogP contribution in [0.4, 0.5) is 4.79 Å². The summed E-state index contributed by atoms with van der Waals surface area (Å²) in [6, 6.07) is 5.57. The van der Waals surface area contributed by atoms with Gasteiger partial charge in [0.05, 0.1) is 6.54 Å². The molecule has 3 rings (SSSR count). The third-order valence-electron chi connectivity index (χ3n) is 3.74. The fourth-order valence-electron chi connectivity index (χ4n) is 2.52. The van der Waals surface area contributed by atoms with Gasteiger partial charge >= 0.3 is 6.09 Å². The summed E-state index contributed by atoms with van der Waals surface area (Å²) in [4.78, 5) is 24.6. The lowest BCUT2D eigenvalue weighted by Gasteiger charge is -2.34. The van der Waals surface area contributed by atoms with E-state index in [1.165, 1.54) is 0 Å². The summed E-state index contributed by atoms with van der Waals surface area (Å²) >= 11 is 0. The van der Waals surface area contributed by atoms with Crippen molar-refractivity contribution in [1.82, 2.24) is 24.9 Å². The topological polar surface area (TPSA) is 84.6 Å². The number of hydrogen-bond acceptors (Lipinski definition) is 7. The lowest BCUT2D eigenvalue weighted by atomic mass is 10.2. The van der Waals surface area contributed by atoms with Crippen molar-refractivity contribution in [2.75, 3.05) is 26.2 Å². The lowest BCUT2D eigenvalue weighted by Crippen LogP contribution is -2.49. The molecule has 25 heavy (non-hydrogen) atoms. The van der Waals surface area contributed by atoms with Crippen molar-refractivity contribution in [3.05, 3.63) is 30.3 Å². The number of aromatic nitrogens is 3. The average molecular weight is 345 g/mol. The van der Waals surface area contributed by atoms with Gasteiger partial charge in [-0.2, -0.15) is 4.98 Å². The van der Waals surface area contributed by atoms with Crippen molar-refractivity contribution in [2.45, 2.75) is 32.9 Å². The van der Waals surface area contributed by atoms with Crippen LogP contribution in [0.1, 0.15) is 26.7 Å². The van der Waals surface area contributed by atoms with Crippen molar-refractivity contribution in [2.24, 2.45) is 0 Å². The number of rotatable bonds is 3. The third-order valence-corrected chi connectivity index (χ3v) is 3.74. The first kappa shape index (κ1) is 17.3. The van der Waals surface area contributed by atoms with E-state index in [4.69, 9.17) is 9.26 Å². The molecule has 8 heteroatoms. The van der Waals surface area contributed by atoms with Crippen LogP contribution in [-0.4, -0.2) is 62.8 Å². The Morgan fingerprint density at radius 3 is 2.64 bits per heavy atom. The van der Waals surface area contributed by atoms with E-state index in [0.717, 1.165) is 13.1 Å². The zero-order valence-electron chi connectivity index (χ0n) is 14.8. The molecule has 0 aromatic carbocycles. The van der Waals surface area contributed by atoms with Gasteiger partial charge in [0.15, 0.2) is 0 Å². The maximum atomic E-state index is 12.1. The molecule has 134 valence electrons. The minimum atomic E-state index is -0.472. The molecule has 0 radical (unpaired) electrons. The molecule has 1 amide bonds. The van der Waals surface area contributed by atoms with E-state index in [2.05, 4.69) is 20.0 Å². The average Bonchev–Trinajstić information content (AvgIpc) is 3.03. The number of carbonyl (C=O) groups is 1. The van der Waals surface area contributed by atoms with E-state index in [1.54, 1.807) is 11.1 Å². The fourth-order valence-corrected chi connectivity index (χ4v) is 2.52. The van der Waals surface area contributed by atoms with E-state index in [-0.39, 0.29) is 6.09 Å². The molecule has 1 aliphatic heterocycles. The Morgan fingerprint density at radius 2 is 2.00 bits per heavy atom. The molecule has 0 spiro atoms. The summed E-state index contributed by atoms with van der Waals surface area (Å²) in [6.45, 7) is 8.89. The van der Waals surface area contributed by atoms with Gasteiger partial charge in [-0.25, -0.2) is 4.79 Å². The van der Waals surface area contributed by atoms with Crippen LogP contribution in [-0.2, 0) is 11.3 Å². The quantitative estimate of drug-likeness (QED) is 0.843. The van der Waals surface area contributed by atoms with Gasteiger partial charge in [0.25, 0.3) is 0 Å². The van der Waals surface area contributed by atoms with Crippen LogP contribution >= 0.6 is 0 Å². The molecule has 3 heterocycles. The van der Waals surface area contributed by atoms with Crippen molar-refractivity contribution in [3.8, 4) is 11.5 Å². The normalized spacial score (nSPS) is 16.0. The van der Waals surface area contributed by atoms with Crippen LogP contribution in [0, 0.1) is 0 Å². The van der Waals surface area contributed by atoms with Crippen LogP contribution in [0.5, 0.6) is 0 Å². The van der Waals surface area contributed by atoms with Crippen LogP contribution in [0.15, 0.2) is 28.9 Å². The Kier molecular flexibility index (Phi) is 4.98. The predicted octanol–water partition coefficient (Wildman–Crippen LogP) is 2.18. The summed E-state index contributed by atoms with van der Waals surface area (Å²) in [5.41, 5.74) is 0.215. The first-order chi connectivity index (χ1) is 11.9. The van der Waals surface area contributed by atoms with Gasteiger partial charge in [-0.05, 0) is 32.9 Å². The highest BCUT2D eigenvalue weighted by Gasteiger charge is 2.26. The zero-order valence-corrected chi connectivity index (χ0v) is 14.8. The molecule has 0 unspecified atom stereocenters. The van der Waals surface area contributed by atoms with Gasteiger partial charge in [0, 0.05) is 32.4 Å². The highest BCUT2D eigenvalue weighted by Crippen LogP contribution is 2.15. The summed E-state index contributed by atoms with van der Waals surface area (Å²) in [5, 5.41) is 3.98. The molecule has 0 atom stereocenters. The number of nitrogens with zero attached hydrogens (tertiary/aromatic N) is 5. The molecule has 8 nitrogen and oxygen atoms in total. The monoisotopic (exact) mass is 345 g/mol. The van der Waals surface area contributed by atoms with Crippen molar-refractivity contribution >= 4 is 6.09 Å². The zero-order chi connectivity index (χ0) is 17.9. The maximum absolute atomic E-state index is 12.1. The summed E-state index contributed by atoms with van der Waals surface area (Å²) in [6.07, 6.45) is 1.43. The first-order valence-corrected chi connectivity index (χ1v) is 8.35. The SMILES string of the molecule is CC(C)(C)OC(=O)N1CCN(Cc2nc(-c3ccccn3)no2)CC1. The van der Waals surface area contributed by atoms with E-state index in [1.807, 2.05) is 39.0 Å². The predicted molar refractivity (Wildman–Crippen MR) is 90.6 cm³/mol. The van der Waals surface area contributed by atoms with Crippen molar-refractivity contribution in [1.29, 1.82) is 0 Å². The largest absolute Gasteiger partial charge is 0.444 e. The highest BCUT2D eigenvalue weighted by atomic mass is 16.6. The number of hydrogen-bond donors (Lipinski definition) is 0. The summed E-state index contributed by atoms with van der Waals surface area (Å²) in [7, 11) is 0. The second-order valence-electron chi connectivity index (χ2n) is 6.97. The van der Waals surface area contributed by atoms with E-state index < -0.39 is 5.60 Å². The smallest absolute Gasteiger partial charge is 0.410 e. The molecular weight excluding hydrogens is 322 g/mol. The number of ether oxygens (including phenoxy) is 1. The molecule has 2 aromatic rings. The second-order valence-corrected chi connectivity index (χ2v) is 6.97. The van der Waals surface area contributed by atoms with Crippen LogP contribution < -0.4 is 0 Å². The minimum absolute atomic E-state index is 0.262. The molecule has 1 saturated heterocycles. The second kappa shape index (κ2) is 7.18. The van der Waals surface area contributed by atoms with Gasteiger partial charge in [0.1, 0.15) is 11.3 Å². The molecule has 2 aromatic heterocycles. The van der Waals surface area contributed by atoms with E-state index in [0.29, 0.717) is 37.0 Å². The van der Waals surface area contributed by atoms with Gasteiger partial charge < -0.3 is 14.2 Å². The molecular formula is C17H23N5O3. The molecule has 1 aliphatic rings. The van der Waals surface area contributed by atoms with Gasteiger partial charge in [-0.1, -0.05) is 11.2 Å². The standard InChI is InChI=1S/C17H23N5O3/c1-17(2,3)24-16(23)22-10-8-21(9-11-22)12-14-19-15(20-25-14)13-6-4-5-7-18-13/h4-7H,8-12H2,1-3H3. The number of amides is 1. The maximum Gasteiger partial charge on any atom is 0.410 e. The van der Waals surface area contributed by atoms with Crippen LogP contribution in [0.2, 0.25) is 0 Å². The number of pyridine rings is 1. The Labute approximate surface area is 146 Å². The summed E-state index contributed by atoms with van der Waals surface area (Å²) in [5.74, 6) is 1.04. The van der Waals surface area contributed by atoms with Gasteiger partial charge in [-0.15, -0.1) is 0 Å². The molecule has 0 bridgehead atoms. The first-order valence-electron chi connectivity index (χ1n) is 8.35. The molecule has 1 fully saturated rings. The summed E-state index contributed by atoms with van der Waals surface area (Å²) < 4.78 is 10.7. The Bertz CT molecular complexity index is 703. The Hall–Kier alpha value is -2.48. The highest BCUT2D eigenvalue weighted by molar-refractivity contribution is 5.68. The van der Waals surface area contributed by atoms with Gasteiger partial charge in [-0.3, -0.25) is 9.88 Å². The van der Waals surface area contributed by atoms with Crippen molar-refractivity contribution in [3.63, 3.8) is 0 Å². The Morgan fingerprint density at radius 1 is 1.24 bits per heavy atom. The third kappa shape index (κ3) is 4.76. The van der Waals surface area contributed by atoms with E-state index >= 15 is 0 Å². The molecule has 0 aliphatic carbocycles. The van der Waals surface area contributed by atoms with Crippen LogP contribution in [0.3, 0.4) is 0 Å². The minimum Gasteiger partial charge on any atom is -0.444 e. The van der Waals surface area contributed by atoms with Gasteiger partial charge in [0.2, 0.25) is 11.7 Å². The Balaban J connectivity index is 1.51. The van der Waals surface area contributed by atoms with Crippen molar-refractivity contribution < 1.29 is 14.1 Å². The number of piperazine rings is 1. The number of carbonyl (C=O) groups excluding carboxylic acids is 1. The van der Waals surface area contributed by atoms with Crippen LogP contribution in [0.25, 0.3) is 11.5 Å². The fraction of sp³-hybridized carbons (Fsp3) is 0.529. The molecule has 0 N–H and O–H groups in total.